The molecule has 2 aromatic rings. The molecule has 0 amide bonds. The van der Waals surface area contributed by atoms with Crippen LogP contribution in [0.3, 0.4) is 0 Å². The van der Waals surface area contributed by atoms with E-state index >= 15 is 0 Å². The fourth-order valence-corrected chi connectivity index (χ4v) is 5.21. The Morgan fingerprint density at radius 1 is 1.00 bits per heavy atom. The largest absolute Gasteiger partial charge is 0.488 e. The minimum Gasteiger partial charge on any atom is -0.488 e. The molecule has 2 atom stereocenters. The molecule has 1 spiro atoms. The summed E-state index contributed by atoms with van der Waals surface area (Å²) in [7, 11) is 0. The first-order valence-electron chi connectivity index (χ1n) is 10.5. The molecule has 2 heterocycles. The number of benzene rings is 2. The molecule has 5 rings (SSSR count). The Kier molecular flexibility index (Phi) is 4.66. The lowest BCUT2D eigenvalue weighted by Gasteiger charge is -2.39. The number of likely N-dealkylation sites (tertiary alicyclic amines) is 1. The molecular weight excluding hydrogens is 334 g/mol. The quantitative estimate of drug-likeness (QED) is 0.803. The highest BCUT2D eigenvalue weighted by molar-refractivity contribution is 5.35. The number of rotatable bonds is 4. The first kappa shape index (κ1) is 17.3. The summed E-state index contributed by atoms with van der Waals surface area (Å²) < 4.78 is 12.4. The van der Waals surface area contributed by atoms with Crippen LogP contribution in [0.5, 0.6) is 5.75 Å². The SMILES string of the molecule is c1ccc(OC2COC3(CCN(C[C@H]4CCc5ccccc54)CC3)C2)cc1. The lowest BCUT2D eigenvalue weighted by molar-refractivity contribution is -0.0448. The second-order valence-electron chi connectivity index (χ2n) is 8.49. The minimum atomic E-state index is 0.0452. The third-order valence-electron chi connectivity index (χ3n) is 6.72. The number of piperidine rings is 1. The Bertz CT molecular complexity index is 767. The lowest BCUT2D eigenvalue weighted by atomic mass is 9.87. The van der Waals surface area contributed by atoms with Crippen LogP contribution in [0.2, 0.25) is 0 Å². The molecule has 2 aromatic carbocycles. The highest BCUT2D eigenvalue weighted by Crippen LogP contribution is 2.39. The molecule has 0 saturated carbocycles. The van der Waals surface area contributed by atoms with Crippen molar-refractivity contribution in [2.24, 2.45) is 0 Å². The van der Waals surface area contributed by atoms with E-state index in [0.29, 0.717) is 5.92 Å². The summed E-state index contributed by atoms with van der Waals surface area (Å²) in [4.78, 5) is 2.66. The standard InChI is InChI=1S/C24H29NO2/c1-2-7-21(8-3-1)27-22-16-24(26-18-22)12-14-25(15-13-24)17-20-11-10-19-6-4-5-9-23(19)20/h1-9,20,22H,10-18H2/t20-,22?/m1/s1. The summed E-state index contributed by atoms with van der Waals surface area (Å²) >= 11 is 0. The Hall–Kier alpha value is -1.84. The van der Waals surface area contributed by atoms with Crippen LogP contribution in [-0.4, -0.2) is 42.8 Å². The average Bonchev–Trinajstić information content (AvgIpc) is 3.29. The fourth-order valence-electron chi connectivity index (χ4n) is 5.21. The van der Waals surface area contributed by atoms with Gasteiger partial charge in [0.2, 0.25) is 0 Å². The normalized spacial score (nSPS) is 27.0. The predicted octanol–water partition coefficient (Wildman–Crippen LogP) is 4.42. The molecule has 2 saturated heterocycles. The van der Waals surface area contributed by atoms with Gasteiger partial charge >= 0.3 is 0 Å². The van der Waals surface area contributed by atoms with Crippen molar-refractivity contribution in [3.8, 4) is 5.75 Å². The maximum Gasteiger partial charge on any atom is 0.125 e. The van der Waals surface area contributed by atoms with Gasteiger partial charge in [-0.15, -0.1) is 0 Å². The zero-order valence-electron chi connectivity index (χ0n) is 16.0. The van der Waals surface area contributed by atoms with Crippen molar-refractivity contribution in [1.82, 2.24) is 4.90 Å². The van der Waals surface area contributed by atoms with Crippen LogP contribution in [-0.2, 0) is 11.2 Å². The lowest BCUT2D eigenvalue weighted by Crippen LogP contribution is -2.45. The summed E-state index contributed by atoms with van der Waals surface area (Å²) in [5.41, 5.74) is 3.20. The first-order valence-corrected chi connectivity index (χ1v) is 10.5. The molecule has 0 bridgehead atoms. The van der Waals surface area contributed by atoms with Crippen molar-refractivity contribution >= 4 is 0 Å². The van der Waals surface area contributed by atoms with Gasteiger partial charge in [-0.1, -0.05) is 42.5 Å². The zero-order valence-corrected chi connectivity index (χ0v) is 16.0. The number of ether oxygens (including phenoxy) is 2. The smallest absolute Gasteiger partial charge is 0.125 e. The van der Waals surface area contributed by atoms with Crippen LogP contribution < -0.4 is 4.74 Å². The molecule has 0 radical (unpaired) electrons. The Morgan fingerprint density at radius 2 is 1.78 bits per heavy atom. The van der Waals surface area contributed by atoms with Gasteiger partial charge in [0, 0.05) is 26.1 Å². The fraction of sp³-hybridized carbons (Fsp3) is 0.500. The second-order valence-corrected chi connectivity index (χ2v) is 8.49. The van der Waals surface area contributed by atoms with Gasteiger partial charge in [0.1, 0.15) is 11.9 Å². The molecule has 1 unspecified atom stereocenters. The molecule has 1 aliphatic carbocycles. The van der Waals surface area contributed by atoms with E-state index in [0.717, 1.165) is 44.7 Å². The Balaban J connectivity index is 1.14. The van der Waals surface area contributed by atoms with Crippen molar-refractivity contribution in [2.45, 2.75) is 49.7 Å². The van der Waals surface area contributed by atoms with E-state index in [2.05, 4.69) is 29.2 Å². The van der Waals surface area contributed by atoms with Crippen LogP contribution in [0.4, 0.5) is 0 Å². The van der Waals surface area contributed by atoms with E-state index in [1.807, 2.05) is 30.3 Å². The first-order chi connectivity index (χ1) is 13.3. The topological polar surface area (TPSA) is 21.7 Å². The van der Waals surface area contributed by atoms with Gasteiger partial charge in [-0.05, 0) is 54.9 Å². The Labute approximate surface area is 162 Å². The number of aryl methyl sites for hydroxylation is 1. The molecule has 142 valence electrons. The van der Waals surface area contributed by atoms with E-state index < -0.39 is 0 Å². The van der Waals surface area contributed by atoms with Gasteiger partial charge in [-0.25, -0.2) is 0 Å². The summed E-state index contributed by atoms with van der Waals surface area (Å²) in [5, 5.41) is 0. The predicted molar refractivity (Wildman–Crippen MR) is 107 cm³/mol. The van der Waals surface area contributed by atoms with Crippen LogP contribution in [0.25, 0.3) is 0 Å². The van der Waals surface area contributed by atoms with Gasteiger partial charge in [0.15, 0.2) is 0 Å². The van der Waals surface area contributed by atoms with Crippen molar-refractivity contribution in [3.05, 3.63) is 65.7 Å². The van der Waals surface area contributed by atoms with Crippen molar-refractivity contribution in [2.75, 3.05) is 26.2 Å². The van der Waals surface area contributed by atoms with Crippen molar-refractivity contribution in [3.63, 3.8) is 0 Å². The highest BCUT2D eigenvalue weighted by Gasteiger charge is 2.44. The molecule has 0 aromatic heterocycles. The molecule has 2 fully saturated rings. The van der Waals surface area contributed by atoms with E-state index in [1.165, 1.54) is 19.4 Å². The van der Waals surface area contributed by atoms with Crippen LogP contribution in [0.15, 0.2) is 54.6 Å². The number of nitrogens with zero attached hydrogens (tertiary/aromatic N) is 1. The average molecular weight is 364 g/mol. The minimum absolute atomic E-state index is 0.0452. The molecule has 3 heteroatoms. The van der Waals surface area contributed by atoms with Crippen LogP contribution in [0, 0.1) is 0 Å². The van der Waals surface area contributed by atoms with Gasteiger partial charge in [0.25, 0.3) is 0 Å². The monoisotopic (exact) mass is 363 g/mol. The molecule has 0 N–H and O–H groups in total. The van der Waals surface area contributed by atoms with Crippen LogP contribution >= 0.6 is 0 Å². The third kappa shape index (κ3) is 3.63. The van der Waals surface area contributed by atoms with Gasteiger partial charge in [0.05, 0.1) is 12.2 Å². The van der Waals surface area contributed by atoms with Gasteiger partial charge in [-0.3, -0.25) is 0 Å². The zero-order chi connectivity index (χ0) is 18.1. The second kappa shape index (κ2) is 7.29. The summed E-state index contributed by atoms with van der Waals surface area (Å²) in [6, 6.07) is 19.2. The van der Waals surface area contributed by atoms with Gasteiger partial charge < -0.3 is 14.4 Å². The van der Waals surface area contributed by atoms with E-state index in [-0.39, 0.29) is 11.7 Å². The van der Waals surface area contributed by atoms with Gasteiger partial charge in [-0.2, -0.15) is 0 Å². The van der Waals surface area contributed by atoms with E-state index in [9.17, 15) is 0 Å². The summed E-state index contributed by atoms with van der Waals surface area (Å²) in [5.74, 6) is 1.68. The van der Waals surface area contributed by atoms with E-state index in [4.69, 9.17) is 9.47 Å². The van der Waals surface area contributed by atoms with Crippen molar-refractivity contribution in [1.29, 1.82) is 0 Å². The molecule has 3 aliphatic rings. The maximum atomic E-state index is 6.29. The molecular formula is C24H29NO2. The van der Waals surface area contributed by atoms with Crippen molar-refractivity contribution < 1.29 is 9.47 Å². The molecule has 27 heavy (non-hydrogen) atoms. The number of fused-ring (bicyclic) bond motifs is 1. The van der Waals surface area contributed by atoms with Crippen LogP contribution in [0.1, 0.15) is 42.7 Å². The summed E-state index contributed by atoms with van der Waals surface area (Å²) in [6.07, 6.45) is 6.05. The maximum absolute atomic E-state index is 6.29. The Morgan fingerprint density at radius 3 is 2.63 bits per heavy atom. The number of para-hydroxylation sites is 1. The summed E-state index contributed by atoms with van der Waals surface area (Å²) in [6.45, 7) is 4.23. The highest BCUT2D eigenvalue weighted by atomic mass is 16.6. The number of hydrogen-bond acceptors (Lipinski definition) is 3. The molecule has 2 aliphatic heterocycles. The third-order valence-corrected chi connectivity index (χ3v) is 6.72. The number of hydrogen-bond donors (Lipinski definition) is 0. The van der Waals surface area contributed by atoms with E-state index in [1.54, 1.807) is 11.1 Å². The molecule has 3 nitrogen and oxygen atoms in total.